The summed E-state index contributed by atoms with van der Waals surface area (Å²) in [5.41, 5.74) is 1.12. The summed E-state index contributed by atoms with van der Waals surface area (Å²) >= 11 is -1.30. The number of alkyl halides is 1. The summed E-state index contributed by atoms with van der Waals surface area (Å²) in [6, 6.07) is 7.50. The van der Waals surface area contributed by atoms with Gasteiger partial charge in [-0.2, -0.15) is 0 Å². The Balaban J connectivity index is 1.94. The van der Waals surface area contributed by atoms with E-state index in [0.717, 1.165) is 14.4 Å². The first-order valence-corrected chi connectivity index (χ1v) is 18.4. The van der Waals surface area contributed by atoms with Crippen molar-refractivity contribution in [3.63, 3.8) is 0 Å². The first-order chi connectivity index (χ1) is 9.10. The molecule has 6 heteroatoms. The number of rotatable bonds is 5. The molecule has 102 valence electrons. The van der Waals surface area contributed by atoms with Gasteiger partial charge in [0.05, 0.1) is 0 Å². The number of hydrogen-bond acceptors (Lipinski definition) is 2. The van der Waals surface area contributed by atoms with Crippen molar-refractivity contribution in [3.05, 3.63) is 29.8 Å². The van der Waals surface area contributed by atoms with E-state index in [4.69, 9.17) is 13.0 Å². The quantitative estimate of drug-likeness (QED) is 0.592. The Morgan fingerprint density at radius 1 is 1.47 bits per heavy atom. The van der Waals surface area contributed by atoms with Crippen LogP contribution >= 0.6 is 8.25 Å². The van der Waals surface area contributed by atoms with E-state index >= 15 is 0 Å². The Bertz CT molecular complexity index is 443. The van der Waals surface area contributed by atoms with Gasteiger partial charge < -0.3 is 0 Å². The monoisotopic (exact) mass is 492 g/mol. The van der Waals surface area contributed by atoms with Gasteiger partial charge in [0, 0.05) is 0 Å². The molecule has 1 unspecified atom stereocenters. The van der Waals surface area contributed by atoms with E-state index in [9.17, 15) is 8.60 Å². The zero-order chi connectivity index (χ0) is 13.8. The molecule has 0 bridgehead atoms. The molecule has 1 saturated heterocycles. The topological polar surface area (TPSA) is 26.3 Å². The standard InChI is InChI=1S/C13H16FO2S.ClH.Hg/c1-9-3-5-11(6-4-9)17(15)8-13-12(14)7-10(2)16-13;;/h3-6,10,12-13H,2,7-8H2,1H3;1H;/q;;+1/p-1/t10-,12+,13+,17?;;/m0../s1. The molecular formula is C13H16ClFHgO2S. The van der Waals surface area contributed by atoms with Crippen LogP contribution in [-0.2, 0) is 38.9 Å². The molecular weight excluding hydrogens is 475 g/mol. The van der Waals surface area contributed by atoms with Crippen molar-refractivity contribution in [2.45, 2.75) is 40.5 Å². The van der Waals surface area contributed by atoms with E-state index in [0.29, 0.717) is 6.42 Å². The minimum atomic E-state index is -1.30. The molecule has 4 atom stereocenters. The van der Waals surface area contributed by atoms with Gasteiger partial charge in [0.2, 0.25) is 0 Å². The zero-order valence-corrected chi connectivity index (χ0v) is 17.9. The van der Waals surface area contributed by atoms with Gasteiger partial charge in [0.1, 0.15) is 0 Å². The summed E-state index contributed by atoms with van der Waals surface area (Å²) in [6.45, 7) is 1.98. The molecule has 0 saturated carbocycles. The summed E-state index contributed by atoms with van der Waals surface area (Å²) in [4.78, 5) is 0.738. The fraction of sp³-hybridized carbons (Fsp3) is 0.538. The van der Waals surface area contributed by atoms with Crippen molar-refractivity contribution in [1.82, 2.24) is 0 Å². The molecule has 1 fully saturated rings. The predicted octanol–water partition coefficient (Wildman–Crippen LogP) is 3.25. The number of ether oxygens (including phenoxy) is 1. The number of benzene rings is 1. The molecule has 2 nitrogen and oxygen atoms in total. The van der Waals surface area contributed by atoms with E-state index in [2.05, 4.69) is 0 Å². The van der Waals surface area contributed by atoms with Crippen LogP contribution in [0.5, 0.6) is 0 Å². The van der Waals surface area contributed by atoms with Crippen molar-refractivity contribution in [3.8, 4) is 0 Å². The number of halogens is 2. The van der Waals surface area contributed by atoms with Crippen molar-refractivity contribution < 1.29 is 36.7 Å². The normalized spacial score (nSPS) is 28.1. The van der Waals surface area contributed by atoms with Gasteiger partial charge in [-0.1, -0.05) is 0 Å². The third kappa shape index (κ3) is 4.48. The predicted molar refractivity (Wildman–Crippen MR) is 71.3 cm³/mol. The second-order valence-electron chi connectivity index (χ2n) is 4.85. The molecule has 1 heterocycles. The van der Waals surface area contributed by atoms with Gasteiger partial charge in [0.25, 0.3) is 0 Å². The van der Waals surface area contributed by atoms with Gasteiger partial charge in [-0.05, 0) is 0 Å². The maximum atomic E-state index is 13.8. The molecule has 19 heavy (non-hydrogen) atoms. The van der Waals surface area contributed by atoms with Crippen molar-refractivity contribution >= 4 is 19.0 Å². The fourth-order valence-corrected chi connectivity index (χ4v) is 7.92. The second-order valence-corrected chi connectivity index (χ2v) is 13.4. The molecule has 0 aromatic heterocycles. The molecule has 0 amide bonds. The average Bonchev–Trinajstić information content (AvgIpc) is 2.71. The zero-order valence-electron chi connectivity index (χ0n) is 10.9. The Labute approximate surface area is 131 Å². The summed E-state index contributed by atoms with van der Waals surface area (Å²) in [6.07, 6.45) is -1.16. The van der Waals surface area contributed by atoms with Crippen LogP contribution in [0.25, 0.3) is 0 Å². The third-order valence-corrected chi connectivity index (χ3v) is 9.99. The van der Waals surface area contributed by atoms with Crippen LogP contribution < -0.4 is 0 Å². The van der Waals surface area contributed by atoms with Crippen LogP contribution in [0.4, 0.5) is 4.39 Å². The molecule has 2 rings (SSSR count). The number of hydrogen-bond donors (Lipinski definition) is 0. The van der Waals surface area contributed by atoms with Gasteiger partial charge in [-0.3, -0.25) is 0 Å². The van der Waals surface area contributed by atoms with Crippen LogP contribution in [0.3, 0.4) is 0 Å². The summed E-state index contributed by atoms with van der Waals surface area (Å²) in [7, 11) is 4.65. The van der Waals surface area contributed by atoms with E-state index in [1.807, 2.05) is 31.2 Å². The van der Waals surface area contributed by atoms with Crippen LogP contribution in [-0.4, -0.2) is 28.3 Å². The van der Waals surface area contributed by atoms with Gasteiger partial charge in [-0.25, -0.2) is 0 Å². The van der Waals surface area contributed by atoms with Crippen molar-refractivity contribution in [1.29, 1.82) is 0 Å². The van der Waals surface area contributed by atoms with Gasteiger partial charge >= 0.3 is 132 Å². The first-order valence-electron chi connectivity index (χ1n) is 6.40. The van der Waals surface area contributed by atoms with Crippen LogP contribution in [0.2, 0.25) is 3.93 Å². The molecule has 1 aliphatic heterocycles. The maximum absolute atomic E-state index is 13.8. The van der Waals surface area contributed by atoms with E-state index in [-0.39, 0.29) is 11.9 Å². The summed E-state index contributed by atoms with van der Waals surface area (Å²) in [5.74, 6) is 0.236. The number of aryl methyl sites for hydroxylation is 1. The van der Waals surface area contributed by atoms with E-state index < -0.39 is 46.4 Å². The van der Waals surface area contributed by atoms with E-state index in [1.165, 1.54) is 0 Å². The SMILES string of the molecule is Cc1ccc(S(=O)C[C@H]2O[C@@H]([CH2][Hg][Cl])C[C@H]2F)cc1. The second kappa shape index (κ2) is 7.48. The van der Waals surface area contributed by atoms with Crippen LogP contribution in [0.1, 0.15) is 12.0 Å². The van der Waals surface area contributed by atoms with E-state index in [1.54, 1.807) is 0 Å². The third-order valence-electron chi connectivity index (χ3n) is 3.29. The molecule has 0 spiro atoms. The Hall–Kier alpha value is 0.485. The molecule has 0 aliphatic carbocycles. The molecule has 1 aromatic rings. The first kappa shape index (κ1) is 15.9. The van der Waals surface area contributed by atoms with Crippen LogP contribution in [0, 0.1) is 6.92 Å². The molecule has 0 radical (unpaired) electrons. The average molecular weight is 491 g/mol. The van der Waals surface area contributed by atoms with Crippen molar-refractivity contribution in [2.75, 3.05) is 5.75 Å². The van der Waals surface area contributed by atoms with Crippen molar-refractivity contribution in [2.24, 2.45) is 0 Å². The van der Waals surface area contributed by atoms with Crippen LogP contribution in [0.15, 0.2) is 29.2 Å². The minimum absolute atomic E-state index is 0.0332. The molecule has 1 aromatic carbocycles. The Morgan fingerprint density at radius 2 is 2.16 bits per heavy atom. The molecule has 1 aliphatic rings. The summed E-state index contributed by atoms with van der Waals surface area (Å²) in [5, 5.41) is 0. The fourth-order valence-electron chi connectivity index (χ4n) is 2.18. The van der Waals surface area contributed by atoms with Gasteiger partial charge in [-0.15, -0.1) is 0 Å². The summed E-state index contributed by atoms with van der Waals surface area (Å²) < 4.78 is 32.5. The van der Waals surface area contributed by atoms with Gasteiger partial charge in [0.15, 0.2) is 0 Å². The molecule has 0 N–H and O–H groups in total. The Morgan fingerprint density at radius 3 is 2.79 bits per heavy atom. The Kier molecular flexibility index (Phi) is 6.25.